The van der Waals surface area contributed by atoms with Gasteiger partial charge in [0.05, 0.1) is 30.1 Å². The maximum absolute atomic E-state index is 13.7. The van der Waals surface area contributed by atoms with E-state index in [2.05, 4.69) is 5.32 Å². The molecule has 108 valence electrons. The summed E-state index contributed by atoms with van der Waals surface area (Å²) < 4.78 is 24.2. The fraction of sp³-hybridized carbons (Fsp3) is 0.571. The van der Waals surface area contributed by atoms with E-state index in [4.69, 9.17) is 15.2 Å². The molecule has 1 rings (SSSR count). The number of anilines is 2. The average molecular weight is 270 g/mol. The van der Waals surface area contributed by atoms with Gasteiger partial charge in [0.1, 0.15) is 0 Å². The zero-order valence-corrected chi connectivity index (χ0v) is 12.0. The van der Waals surface area contributed by atoms with Gasteiger partial charge in [0.2, 0.25) is 0 Å². The van der Waals surface area contributed by atoms with Gasteiger partial charge in [-0.05, 0) is 20.3 Å². The zero-order valence-electron chi connectivity index (χ0n) is 12.0. The smallest absolute Gasteiger partial charge is 0.167 e. The Morgan fingerprint density at radius 1 is 1.37 bits per heavy atom. The van der Waals surface area contributed by atoms with Gasteiger partial charge in [0.15, 0.2) is 11.6 Å². The molecule has 0 atom stereocenters. The van der Waals surface area contributed by atoms with E-state index in [1.807, 2.05) is 20.8 Å². The van der Waals surface area contributed by atoms with Crippen LogP contribution in [0.25, 0.3) is 0 Å². The quantitative estimate of drug-likeness (QED) is 0.748. The van der Waals surface area contributed by atoms with Crippen molar-refractivity contribution in [1.82, 2.24) is 0 Å². The number of ether oxygens (including phenoxy) is 2. The van der Waals surface area contributed by atoms with Gasteiger partial charge in [-0.1, -0.05) is 6.92 Å². The molecule has 19 heavy (non-hydrogen) atoms. The van der Waals surface area contributed by atoms with Gasteiger partial charge in [-0.15, -0.1) is 0 Å². The lowest BCUT2D eigenvalue weighted by molar-refractivity contribution is 0.158. The highest BCUT2D eigenvalue weighted by Crippen LogP contribution is 2.30. The largest absolute Gasteiger partial charge is 0.490 e. The van der Waals surface area contributed by atoms with E-state index in [0.717, 1.165) is 6.42 Å². The molecule has 0 heterocycles. The Morgan fingerprint density at radius 2 is 2.05 bits per heavy atom. The summed E-state index contributed by atoms with van der Waals surface area (Å²) in [5, 5.41) is 3.23. The first-order chi connectivity index (χ1) is 8.89. The first kappa shape index (κ1) is 15.6. The van der Waals surface area contributed by atoms with E-state index in [9.17, 15) is 4.39 Å². The summed E-state index contributed by atoms with van der Waals surface area (Å²) in [6, 6.07) is 2.87. The monoisotopic (exact) mass is 270 g/mol. The summed E-state index contributed by atoms with van der Waals surface area (Å²) in [7, 11) is 1.63. The van der Waals surface area contributed by atoms with Crippen molar-refractivity contribution >= 4 is 11.4 Å². The molecule has 5 heteroatoms. The van der Waals surface area contributed by atoms with Crippen LogP contribution in [0.5, 0.6) is 5.75 Å². The fourth-order valence-electron chi connectivity index (χ4n) is 1.76. The van der Waals surface area contributed by atoms with Gasteiger partial charge < -0.3 is 20.5 Å². The second-order valence-corrected chi connectivity index (χ2v) is 5.16. The third-order valence-electron chi connectivity index (χ3n) is 2.54. The van der Waals surface area contributed by atoms with Crippen molar-refractivity contribution in [3.63, 3.8) is 0 Å². The zero-order chi connectivity index (χ0) is 14.5. The van der Waals surface area contributed by atoms with Crippen LogP contribution in [0.2, 0.25) is 0 Å². The Kier molecular flexibility index (Phi) is 5.42. The summed E-state index contributed by atoms with van der Waals surface area (Å²) in [5.74, 6) is -0.229. The Morgan fingerprint density at radius 3 is 2.63 bits per heavy atom. The van der Waals surface area contributed by atoms with E-state index in [-0.39, 0.29) is 11.3 Å². The molecule has 0 saturated carbocycles. The maximum atomic E-state index is 13.7. The van der Waals surface area contributed by atoms with Crippen molar-refractivity contribution < 1.29 is 13.9 Å². The molecule has 0 amide bonds. The van der Waals surface area contributed by atoms with Gasteiger partial charge in [0.25, 0.3) is 0 Å². The minimum Gasteiger partial charge on any atom is -0.490 e. The minimum absolute atomic E-state index is 0.215. The van der Waals surface area contributed by atoms with Gasteiger partial charge in [0, 0.05) is 19.2 Å². The summed E-state index contributed by atoms with van der Waals surface area (Å²) in [4.78, 5) is 0. The van der Waals surface area contributed by atoms with Crippen molar-refractivity contribution in [3.05, 3.63) is 17.9 Å². The lowest BCUT2D eigenvalue weighted by Crippen LogP contribution is -2.36. The van der Waals surface area contributed by atoms with Crippen LogP contribution in [0.3, 0.4) is 0 Å². The number of nitrogens with one attached hydrogen (secondary N) is 1. The highest BCUT2D eigenvalue weighted by Gasteiger charge is 2.19. The molecule has 0 fully saturated rings. The molecule has 0 bridgehead atoms. The Balaban J connectivity index is 2.94. The number of rotatable bonds is 7. The summed E-state index contributed by atoms with van der Waals surface area (Å²) in [6.45, 7) is 6.91. The van der Waals surface area contributed by atoms with Crippen LogP contribution < -0.4 is 15.8 Å². The number of nitrogens with two attached hydrogens (primary N) is 1. The molecule has 0 aromatic heterocycles. The number of nitrogen functional groups attached to an aromatic ring is 1. The van der Waals surface area contributed by atoms with Crippen molar-refractivity contribution in [3.8, 4) is 5.75 Å². The predicted octanol–water partition coefficient (Wildman–Crippen LogP) is 3.03. The molecule has 0 unspecified atom stereocenters. The second kappa shape index (κ2) is 6.61. The molecule has 3 N–H and O–H groups in total. The standard InChI is InChI=1S/C14H23FN2O2/c1-5-6-19-13-8-12(11(16)7-10(13)15)17-14(2,3)9-18-4/h7-8,17H,5-6,9,16H2,1-4H3. The minimum atomic E-state index is -0.443. The lowest BCUT2D eigenvalue weighted by atomic mass is 10.1. The van der Waals surface area contributed by atoms with Crippen LogP contribution in [0.1, 0.15) is 27.2 Å². The Bertz CT molecular complexity index is 422. The summed E-state index contributed by atoms with van der Waals surface area (Å²) >= 11 is 0. The van der Waals surface area contributed by atoms with Crippen molar-refractivity contribution in [2.75, 3.05) is 31.4 Å². The number of hydrogen-bond donors (Lipinski definition) is 2. The molecule has 4 nitrogen and oxygen atoms in total. The van der Waals surface area contributed by atoms with Crippen LogP contribution in [0, 0.1) is 5.82 Å². The fourth-order valence-corrected chi connectivity index (χ4v) is 1.76. The third-order valence-corrected chi connectivity index (χ3v) is 2.54. The van der Waals surface area contributed by atoms with E-state index >= 15 is 0 Å². The molecule has 1 aromatic carbocycles. The summed E-state index contributed by atoms with van der Waals surface area (Å²) in [5.41, 5.74) is 6.52. The Hall–Kier alpha value is -1.49. The van der Waals surface area contributed by atoms with Crippen molar-refractivity contribution in [2.24, 2.45) is 0 Å². The molecule has 1 aromatic rings. The van der Waals surface area contributed by atoms with Crippen LogP contribution >= 0.6 is 0 Å². The molecule has 0 spiro atoms. The molecular formula is C14H23FN2O2. The maximum Gasteiger partial charge on any atom is 0.167 e. The topological polar surface area (TPSA) is 56.5 Å². The first-order valence-corrected chi connectivity index (χ1v) is 6.38. The highest BCUT2D eigenvalue weighted by atomic mass is 19.1. The average Bonchev–Trinajstić information content (AvgIpc) is 2.31. The van der Waals surface area contributed by atoms with Gasteiger partial charge >= 0.3 is 0 Å². The molecular weight excluding hydrogens is 247 g/mol. The van der Waals surface area contributed by atoms with Gasteiger partial charge in [-0.2, -0.15) is 0 Å². The normalized spacial score (nSPS) is 11.4. The first-order valence-electron chi connectivity index (χ1n) is 6.38. The second-order valence-electron chi connectivity index (χ2n) is 5.16. The van der Waals surface area contributed by atoms with E-state index in [1.54, 1.807) is 13.2 Å². The number of hydrogen-bond acceptors (Lipinski definition) is 4. The van der Waals surface area contributed by atoms with Crippen molar-refractivity contribution in [2.45, 2.75) is 32.7 Å². The number of benzene rings is 1. The van der Waals surface area contributed by atoms with Crippen LogP contribution in [-0.2, 0) is 4.74 Å². The van der Waals surface area contributed by atoms with E-state index < -0.39 is 5.82 Å². The van der Waals surface area contributed by atoms with Gasteiger partial charge in [-0.3, -0.25) is 0 Å². The number of methoxy groups -OCH3 is 1. The highest BCUT2D eigenvalue weighted by molar-refractivity contribution is 5.69. The molecule has 0 aliphatic rings. The van der Waals surface area contributed by atoms with Crippen LogP contribution in [-0.4, -0.2) is 25.9 Å². The third kappa shape index (κ3) is 4.59. The SMILES string of the molecule is CCCOc1cc(NC(C)(C)COC)c(N)cc1F. The lowest BCUT2D eigenvalue weighted by Gasteiger charge is -2.27. The predicted molar refractivity (Wildman–Crippen MR) is 76.2 cm³/mol. The van der Waals surface area contributed by atoms with Crippen molar-refractivity contribution in [1.29, 1.82) is 0 Å². The van der Waals surface area contributed by atoms with Crippen LogP contribution in [0.15, 0.2) is 12.1 Å². The molecule has 0 radical (unpaired) electrons. The molecule has 0 saturated heterocycles. The van der Waals surface area contributed by atoms with Gasteiger partial charge in [-0.25, -0.2) is 4.39 Å². The Labute approximate surface area is 114 Å². The van der Waals surface area contributed by atoms with E-state index in [1.165, 1.54) is 6.07 Å². The molecule has 0 aliphatic heterocycles. The number of halogens is 1. The summed E-state index contributed by atoms with van der Waals surface area (Å²) in [6.07, 6.45) is 0.821. The van der Waals surface area contributed by atoms with E-state index in [0.29, 0.717) is 24.6 Å². The van der Waals surface area contributed by atoms with Crippen LogP contribution in [0.4, 0.5) is 15.8 Å². The molecule has 0 aliphatic carbocycles.